The van der Waals surface area contributed by atoms with Crippen molar-refractivity contribution in [2.75, 3.05) is 39.4 Å². The Labute approximate surface area is 238 Å². The molecule has 0 fully saturated rings. The Kier molecular flexibility index (Phi) is 31.8. The summed E-state index contributed by atoms with van der Waals surface area (Å²) in [6.07, 6.45) is 11.4. The summed E-state index contributed by atoms with van der Waals surface area (Å²) < 4.78 is 5.26. The van der Waals surface area contributed by atoms with Crippen LogP contribution in [0.15, 0.2) is 0 Å². The molecule has 0 rings (SSSR count). The second-order valence-electron chi connectivity index (χ2n) is 7.67. The average Bonchev–Trinajstić information content (AvgIpc) is 2.69. The van der Waals surface area contributed by atoms with E-state index in [0.717, 1.165) is 12.8 Å². The van der Waals surface area contributed by atoms with E-state index in [0.29, 0.717) is 39.2 Å². The normalized spacial score (nSPS) is 10.3. The van der Waals surface area contributed by atoms with E-state index in [4.69, 9.17) is 14.9 Å². The summed E-state index contributed by atoms with van der Waals surface area (Å²) in [7, 11) is 0. The number of rotatable bonds is 22. The van der Waals surface area contributed by atoms with E-state index in [1.54, 1.807) is 0 Å². The molecule has 0 aliphatic rings. The summed E-state index contributed by atoms with van der Waals surface area (Å²) in [5.41, 5.74) is 0. The van der Waals surface area contributed by atoms with E-state index in [9.17, 15) is 14.4 Å². The summed E-state index contributed by atoms with van der Waals surface area (Å²) in [6.45, 7) is 4.56. The van der Waals surface area contributed by atoms with Crippen molar-refractivity contribution in [3.8, 4) is 0 Å². The predicted molar refractivity (Wildman–Crippen MR) is 131 cm³/mol. The van der Waals surface area contributed by atoms with Crippen molar-refractivity contribution in [3.05, 3.63) is 0 Å². The Hall–Kier alpha value is 0.330. The van der Waals surface area contributed by atoms with Crippen molar-refractivity contribution in [3.63, 3.8) is 0 Å². The number of unbranched alkanes of at least 4 members (excludes halogenated alkanes) is 8. The molecule has 10 heteroatoms. The van der Waals surface area contributed by atoms with Crippen molar-refractivity contribution < 1.29 is 29.3 Å². The molecule has 0 atom stereocenters. The van der Waals surface area contributed by atoms with E-state index in [2.05, 4.69) is 12.2 Å². The van der Waals surface area contributed by atoms with Gasteiger partial charge in [-0.2, -0.15) is 0 Å². The average molecular weight is 479 g/mol. The molecule has 0 saturated carbocycles. The number of nitrogens with zero attached hydrogens (tertiary/aromatic N) is 1. The molecule has 0 aliphatic heterocycles. The number of hydrogen-bond acceptors (Lipinski definition) is 5. The summed E-state index contributed by atoms with van der Waals surface area (Å²) >= 11 is 0. The standard InChI is InChI=1S/C22H42N2O6.2Na.2H/c1-2-3-4-5-6-7-8-9-10-11-20(25)23-14-16-24(15-12-21(26)27)17-19-30-18-13-22(28)29;;;;/h2-19H2,1H3,(H,23,25)(H,26,27)(H,28,29);;;;. The fraction of sp³-hybridized carbons (Fsp3) is 0.864. The van der Waals surface area contributed by atoms with Gasteiger partial charge in [0.1, 0.15) is 0 Å². The molecule has 180 valence electrons. The number of hydrogen-bond donors (Lipinski definition) is 3. The number of carbonyl (C=O) groups is 3. The second kappa shape index (κ2) is 27.6. The van der Waals surface area contributed by atoms with Crippen molar-refractivity contribution in [1.82, 2.24) is 10.2 Å². The summed E-state index contributed by atoms with van der Waals surface area (Å²) in [4.78, 5) is 35.1. The molecule has 0 aromatic rings. The Balaban J connectivity index is -0.00000420. The molecule has 8 nitrogen and oxygen atoms in total. The SMILES string of the molecule is CCCCCCCCCCCC(=O)NCCN(CCOCCC(=O)O)CCC(=O)O.[NaH].[NaH]. The van der Waals surface area contributed by atoms with Gasteiger partial charge in [0.2, 0.25) is 5.91 Å². The first-order valence-electron chi connectivity index (χ1n) is 11.5. The number of amides is 1. The minimum absolute atomic E-state index is 0. The first kappa shape index (κ1) is 36.9. The zero-order chi connectivity index (χ0) is 22.5. The van der Waals surface area contributed by atoms with Crippen LogP contribution in [0.25, 0.3) is 0 Å². The van der Waals surface area contributed by atoms with Crippen molar-refractivity contribution in [1.29, 1.82) is 0 Å². The zero-order valence-corrected chi connectivity index (χ0v) is 18.7. The van der Waals surface area contributed by atoms with E-state index in [1.807, 2.05) is 4.90 Å². The fourth-order valence-corrected chi connectivity index (χ4v) is 3.08. The molecule has 32 heavy (non-hydrogen) atoms. The van der Waals surface area contributed by atoms with Crippen LogP contribution in [-0.2, 0) is 19.1 Å². The number of carboxylic acids is 2. The molecule has 0 aromatic carbocycles. The molecule has 0 aromatic heterocycles. The van der Waals surface area contributed by atoms with E-state index < -0.39 is 11.9 Å². The van der Waals surface area contributed by atoms with E-state index >= 15 is 0 Å². The Bertz CT molecular complexity index is 470. The van der Waals surface area contributed by atoms with Gasteiger partial charge in [-0.1, -0.05) is 58.3 Å². The molecular weight excluding hydrogens is 434 g/mol. The molecule has 1 amide bonds. The van der Waals surface area contributed by atoms with Crippen LogP contribution in [0.3, 0.4) is 0 Å². The van der Waals surface area contributed by atoms with E-state index in [-0.39, 0.29) is 84.5 Å². The molecule has 0 bridgehead atoms. The van der Waals surface area contributed by atoms with Crippen LogP contribution in [0.1, 0.15) is 84.0 Å². The zero-order valence-electron chi connectivity index (χ0n) is 18.7. The maximum atomic E-state index is 12.0. The van der Waals surface area contributed by atoms with Crippen LogP contribution in [0.2, 0.25) is 0 Å². The maximum absolute atomic E-state index is 12.0. The third-order valence-corrected chi connectivity index (χ3v) is 4.91. The Morgan fingerprint density at radius 1 is 0.719 bits per heavy atom. The molecule has 3 N–H and O–H groups in total. The predicted octanol–water partition coefficient (Wildman–Crippen LogP) is 1.99. The number of aliphatic carboxylic acids is 2. The van der Waals surface area contributed by atoms with Crippen LogP contribution < -0.4 is 5.32 Å². The molecule has 0 heterocycles. The fourth-order valence-electron chi connectivity index (χ4n) is 3.08. The minimum atomic E-state index is -0.910. The molecule has 0 unspecified atom stereocenters. The monoisotopic (exact) mass is 478 g/mol. The van der Waals surface area contributed by atoms with Gasteiger partial charge in [-0.15, -0.1) is 0 Å². The van der Waals surface area contributed by atoms with Crippen LogP contribution in [0.5, 0.6) is 0 Å². The summed E-state index contributed by atoms with van der Waals surface area (Å²) in [5.74, 6) is -1.75. The molecule has 0 spiro atoms. The van der Waals surface area contributed by atoms with Crippen LogP contribution in [0.4, 0.5) is 0 Å². The molecular formula is C22H44N2Na2O6. The van der Waals surface area contributed by atoms with Gasteiger partial charge < -0.3 is 20.3 Å². The van der Waals surface area contributed by atoms with Crippen LogP contribution >= 0.6 is 0 Å². The van der Waals surface area contributed by atoms with Gasteiger partial charge in [-0.25, -0.2) is 0 Å². The first-order valence-corrected chi connectivity index (χ1v) is 11.5. The number of carbonyl (C=O) groups excluding carboxylic acids is 1. The van der Waals surface area contributed by atoms with Crippen molar-refractivity contribution >= 4 is 77.0 Å². The number of ether oxygens (including phenoxy) is 1. The van der Waals surface area contributed by atoms with Gasteiger partial charge in [0, 0.05) is 32.6 Å². The van der Waals surface area contributed by atoms with Crippen molar-refractivity contribution in [2.45, 2.75) is 84.0 Å². The van der Waals surface area contributed by atoms with Gasteiger partial charge in [0.15, 0.2) is 0 Å². The van der Waals surface area contributed by atoms with Gasteiger partial charge in [-0.3, -0.25) is 19.3 Å². The topological polar surface area (TPSA) is 116 Å². The van der Waals surface area contributed by atoms with Gasteiger partial charge in [0.25, 0.3) is 0 Å². The number of carboxylic acid groups (broad SMARTS) is 2. The quantitative estimate of drug-likeness (QED) is 0.161. The second-order valence-corrected chi connectivity index (χ2v) is 7.67. The summed E-state index contributed by atoms with van der Waals surface area (Å²) in [5, 5.41) is 20.3. The molecule has 0 radical (unpaired) electrons. The van der Waals surface area contributed by atoms with Gasteiger partial charge >= 0.3 is 71.1 Å². The third kappa shape index (κ3) is 28.4. The van der Waals surface area contributed by atoms with Gasteiger partial charge in [-0.05, 0) is 6.42 Å². The van der Waals surface area contributed by atoms with Crippen molar-refractivity contribution in [2.24, 2.45) is 0 Å². The Morgan fingerprint density at radius 3 is 1.84 bits per heavy atom. The first-order chi connectivity index (χ1) is 14.5. The third-order valence-electron chi connectivity index (χ3n) is 4.91. The van der Waals surface area contributed by atoms with Crippen LogP contribution in [0, 0.1) is 0 Å². The van der Waals surface area contributed by atoms with E-state index in [1.165, 1.54) is 44.9 Å². The molecule has 0 aliphatic carbocycles. The molecule has 0 saturated heterocycles. The van der Waals surface area contributed by atoms with Crippen LogP contribution in [-0.4, -0.2) is 131 Å². The number of nitrogens with one attached hydrogen (secondary N) is 1. The summed E-state index contributed by atoms with van der Waals surface area (Å²) in [6, 6.07) is 0. The van der Waals surface area contributed by atoms with Gasteiger partial charge in [0.05, 0.1) is 26.1 Å². The Morgan fingerprint density at radius 2 is 1.28 bits per heavy atom.